The van der Waals surface area contributed by atoms with E-state index in [4.69, 9.17) is 5.73 Å². The molecular formula is C19H25N3O. The molecule has 0 aliphatic heterocycles. The predicted octanol–water partition coefficient (Wildman–Crippen LogP) is 3.36. The summed E-state index contributed by atoms with van der Waals surface area (Å²) in [5.41, 5.74) is 8.52. The Balaban J connectivity index is 1.89. The summed E-state index contributed by atoms with van der Waals surface area (Å²) in [5.74, 6) is 0.296. The average Bonchev–Trinajstić information content (AvgIpc) is 2.55. The van der Waals surface area contributed by atoms with Crippen molar-refractivity contribution >= 4 is 16.8 Å². The number of nitrogens with two attached hydrogens (primary N) is 1. The maximum atomic E-state index is 12.8. The highest BCUT2D eigenvalue weighted by Crippen LogP contribution is 2.23. The predicted molar refractivity (Wildman–Crippen MR) is 93.5 cm³/mol. The third-order valence-electron chi connectivity index (χ3n) is 4.68. The van der Waals surface area contributed by atoms with Crippen molar-refractivity contribution in [2.75, 3.05) is 0 Å². The van der Waals surface area contributed by atoms with Gasteiger partial charge in [-0.15, -0.1) is 0 Å². The van der Waals surface area contributed by atoms with Crippen LogP contribution in [0, 0.1) is 0 Å². The van der Waals surface area contributed by atoms with E-state index < -0.39 is 0 Å². The number of hydrogen-bond donors (Lipinski definition) is 2. The molecule has 1 aromatic heterocycles. The van der Waals surface area contributed by atoms with Gasteiger partial charge in [-0.1, -0.05) is 32.0 Å². The third kappa shape index (κ3) is 3.53. The van der Waals surface area contributed by atoms with Gasteiger partial charge in [0, 0.05) is 23.2 Å². The van der Waals surface area contributed by atoms with Crippen LogP contribution in [0.25, 0.3) is 10.9 Å². The van der Waals surface area contributed by atoms with Gasteiger partial charge < -0.3 is 11.1 Å². The highest BCUT2D eigenvalue weighted by atomic mass is 16.1. The molecule has 4 nitrogen and oxygen atoms in total. The SMILES string of the molecule is CC(C)c1cc(C(=O)NC2CCC(N)CC2)c2ccccc2n1. The van der Waals surface area contributed by atoms with Crippen molar-refractivity contribution in [3.05, 3.63) is 41.6 Å². The van der Waals surface area contributed by atoms with Gasteiger partial charge in [-0.05, 0) is 43.7 Å². The number of carbonyl (C=O) groups is 1. The normalized spacial score (nSPS) is 21.6. The molecule has 1 saturated carbocycles. The van der Waals surface area contributed by atoms with Crippen molar-refractivity contribution in [2.45, 2.75) is 57.5 Å². The molecule has 0 saturated heterocycles. The van der Waals surface area contributed by atoms with Gasteiger partial charge in [-0.3, -0.25) is 9.78 Å². The minimum absolute atomic E-state index is 0.00553. The van der Waals surface area contributed by atoms with Crippen LogP contribution in [0.15, 0.2) is 30.3 Å². The second kappa shape index (κ2) is 6.67. The van der Waals surface area contributed by atoms with Gasteiger partial charge in [-0.2, -0.15) is 0 Å². The van der Waals surface area contributed by atoms with Gasteiger partial charge in [0.2, 0.25) is 0 Å². The highest BCUT2D eigenvalue weighted by Gasteiger charge is 2.22. The van der Waals surface area contributed by atoms with Gasteiger partial charge in [0.25, 0.3) is 5.91 Å². The second-order valence-electron chi connectivity index (χ2n) is 6.85. The van der Waals surface area contributed by atoms with Crippen LogP contribution < -0.4 is 11.1 Å². The van der Waals surface area contributed by atoms with E-state index in [0.717, 1.165) is 47.8 Å². The van der Waals surface area contributed by atoms with Crippen LogP contribution in [0.3, 0.4) is 0 Å². The van der Waals surface area contributed by atoms with E-state index in [-0.39, 0.29) is 18.0 Å². The van der Waals surface area contributed by atoms with E-state index in [2.05, 4.69) is 24.1 Å². The summed E-state index contributed by atoms with van der Waals surface area (Å²) >= 11 is 0. The lowest BCUT2D eigenvalue weighted by Crippen LogP contribution is -2.40. The summed E-state index contributed by atoms with van der Waals surface area (Å²) in [6, 6.07) is 10.3. The maximum Gasteiger partial charge on any atom is 0.252 e. The lowest BCUT2D eigenvalue weighted by atomic mass is 9.91. The van der Waals surface area contributed by atoms with Gasteiger partial charge in [0.05, 0.1) is 11.1 Å². The Bertz CT molecular complexity index is 703. The van der Waals surface area contributed by atoms with Crippen molar-refractivity contribution in [3.63, 3.8) is 0 Å². The minimum atomic E-state index is 0.00553. The summed E-state index contributed by atoms with van der Waals surface area (Å²) in [7, 11) is 0. The standard InChI is InChI=1S/C19H25N3O/c1-12(2)18-11-16(15-5-3-4-6-17(15)22-18)19(23)21-14-9-7-13(20)8-10-14/h3-6,11-14H,7-10,20H2,1-2H3,(H,21,23). The Kier molecular flexibility index (Phi) is 4.62. The average molecular weight is 311 g/mol. The molecule has 3 rings (SSSR count). The number of nitrogens with zero attached hydrogens (tertiary/aromatic N) is 1. The van der Waals surface area contributed by atoms with Crippen LogP contribution in [0.5, 0.6) is 0 Å². The molecule has 1 amide bonds. The summed E-state index contributed by atoms with van der Waals surface area (Å²) in [5, 5.41) is 4.11. The fourth-order valence-electron chi connectivity index (χ4n) is 3.21. The third-order valence-corrected chi connectivity index (χ3v) is 4.68. The van der Waals surface area contributed by atoms with E-state index in [0.29, 0.717) is 5.92 Å². The second-order valence-corrected chi connectivity index (χ2v) is 6.85. The fourth-order valence-corrected chi connectivity index (χ4v) is 3.21. The van der Waals surface area contributed by atoms with E-state index in [1.807, 2.05) is 30.3 Å². The maximum absolute atomic E-state index is 12.8. The molecule has 1 heterocycles. The summed E-state index contributed by atoms with van der Waals surface area (Å²) < 4.78 is 0. The van der Waals surface area contributed by atoms with E-state index >= 15 is 0 Å². The first kappa shape index (κ1) is 15.9. The van der Waals surface area contributed by atoms with Crippen molar-refractivity contribution in [1.82, 2.24) is 10.3 Å². The largest absolute Gasteiger partial charge is 0.349 e. The number of aromatic nitrogens is 1. The van der Waals surface area contributed by atoms with E-state index in [1.54, 1.807) is 0 Å². The van der Waals surface area contributed by atoms with Crippen LogP contribution in [-0.4, -0.2) is 23.0 Å². The number of carbonyl (C=O) groups excluding carboxylic acids is 1. The zero-order valence-corrected chi connectivity index (χ0v) is 13.9. The first-order valence-electron chi connectivity index (χ1n) is 8.50. The first-order valence-corrected chi connectivity index (χ1v) is 8.50. The van der Waals surface area contributed by atoms with Crippen molar-refractivity contribution in [1.29, 1.82) is 0 Å². The van der Waals surface area contributed by atoms with Gasteiger partial charge >= 0.3 is 0 Å². The van der Waals surface area contributed by atoms with Crippen LogP contribution in [0.4, 0.5) is 0 Å². The zero-order valence-electron chi connectivity index (χ0n) is 13.9. The highest BCUT2D eigenvalue weighted by molar-refractivity contribution is 6.06. The number of rotatable bonds is 3. The summed E-state index contributed by atoms with van der Waals surface area (Å²) in [6.07, 6.45) is 3.90. The molecule has 122 valence electrons. The molecule has 0 radical (unpaired) electrons. The van der Waals surface area contributed by atoms with E-state index in [1.165, 1.54) is 0 Å². The molecule has 2 aromatic rings. The molecule has 0 spiro atoms. The summed E-state index contributed by atoms with van der Waals surface area (Å²) in [6.45, 7) is 4.20. The summed E-state index contributed by atoms with van der Waals surface area (Å²) in [4.78, 5) is 17.5. The van der Waals surface area contributed by atoms with Crippen molar-refractivity contribution in [2.24, 2.45) is 5.73 Å². The van der Waals surface area contributed by atoms with Crippen LogP contribution >= 0.6 is 0 Å². The topological polar surface area (TPSA) is 68.0 Å². The molecule has 1 aliphatic rings. The number of amides is 1. The van der Waals surface area contributed by atoms with Crippen LogP contribution in [-0.2, 0) is 0 Å². The molecule has 1 aromatic carbocycles. The molecule has 3 N–H and O–H groups in total. The first-order chi connectivity index (χ1) is 11.0. The Hall–Kier alpha value is -1.94. The Morgan fingerprint density at radius 3 is 2.61 bits per heavy atom. The minimum Gasteiger partial charge on any atom is -0.349 e. The quantitative estimate of drug-likeness (QED) is 0.913. The van der Waals surface area contributed by atoms with Gasteiger partial charge in [0.15, 0.2) is 0 Å². The number of nitrogens with one attached hydrogen (secondary N) is 1. The van der Waals surface area contributed by atoms with Crippen molar-refractivity contribution < 1.29 is 4.79 Å². The lowest BCUT2D eigenvalue weighted by Gasteiger charge is -2.27. The number of pyridine rings is 1. The molecule has 1 fully saturated rings. The molecule has 4 heteroatoms. The van der Waals surface area contributed by atoms with Crippen molar-refractivity contribution in [3.8, 4) is 0 Å². The fraction of sp³-hybridized carbons (Fsp3) is 0.474. The Morgan fingerprint density at radius 1 is 1.22 bits per heavy atom. The Morgan fingerprint density at radius 2 is 1.91 bits per heavy atom. The molecule has 1 aliphatic carbocycles. The number of benzene rings is 1. The number of fused-ring (bicyclic) bond motifs is 1. The molecular weight excluding hydrogens is 286 g/mol. The smallest absolute Gasteiger partial charge is 0.252 e. The number of para-hydroxylation sites is 1. The monoisotopic (exact) mass is 311 g/mol. The van der Waals surface area contributed by atoms with Crippen LogP contribution in [0.1, 0.15) is 61.5 Å². The zero-order chi connectivity index (χ0) is 16.4. The molecule has 23 heavy (non-hydrogen) atoms. The van der Waals surface area contributed by atoms with Gasteiger partial charge in [0.1, 0.15) is 0 Å². The molecule has 0 atom stereocenters. The Labute approximate surface area is 137 Å². The lowest BCUT2D eigenvalue weighted by molar-refractivity contribution is 0.0927. The number of hydrogen-bond acceptors (Lipinski definition) is 3. The van der Waals surface area contributed by atoms with E-state index in [9.17, 15) is 4.79 Å². The van der Waals surface area contributed by atoms with Crippen LogP contribution in [0.2, 0.25) is 0 Å². The molecule has 0 unspecified atom stereocenters. The molecule has 0 bridgehead atoms. The van der Waals surface area contributed by atoms with Gasteiger partial charge in [-0.25, -0.2) is 0 Å².